The van der Waals surface area contributed by atoms with E-state index in [1.807, 2.05) is 0 Å². The summed E-state index contributed by atoms with van der Waals surface area (Å²) in [5.74, 6) is -0.306. The van der Waals surface area contributed by atoms with E-state index in [-0.39, 0.29) is 5.82 Å². The van der Waals surface area contributed by atoms with Gasteiger partial charge in [0.25, 0.3) is 0 Å². The van der Waals surface area contributed by atoms with Gasteiger partial charge in [0.05, 0.1) is 0 Å². The molecule has 1 unspecified atom stereocenters. The van der Waals surface area contributed by atoms with Gasteiger partial charge in [-0.2, -0.15) is 0 Å². The lowest BCUT2D eigenvalue weighted by Gasteiger charge is -2.17. The average molecular weight is 244 g/mol. The van der Waals surface area contributed by atoms with E-state index in [0.717, 1.165) is 38.2 Å². The van der Waals surface area contributed by atoms with Crippen LogP contribution >= 0.6 is 11.6 Å². The van der Waals surface area contributed by atoms with E-state index in [2.05, 4.69) is 5.32 Å². The van der Waals surface area contributed by atoms with Crippen molar-refractivity contribution in [2.24, 2.45) is 0 Å². The van der Waals surface area contributed by atoms with Crippen LogP contribution < -0.4 is 5.32 Å². The number of ether oxygens (including phenoxy) is 1. The van der Waals surface area contributed by atoms with Crippen molar-refractivity contribution in [3.8, 4) is 0 Å². The molecule has 1 aromatic rings. The number of rotatable bonds is 2. The van der Waals surface area contributed by atoms with Crippen LogP contribution in [0.4, 0.5) is 10.1 Å². The smallest absolute Gasteiger partial charge is 0.126 e. The molecule has 2 nitrogen and oxygen atoms in total. The van der Waals surface area contributed by atoms with Crippen LogP contribution in [0.2, 0.25) is 5.02 Å². The van der Waals surface area contributed by atoms with Crippen molar-refractivity contribution in [1.29, 1.82) is 0 Å². The summed E-state index contributed by atoms with van der Waals surface area (Å²) in [4.78, 5) is 0. The molecule has 1 aliphatic heterocycles. The predicted molar refractivity (Wildman–Crippen MR) is 63.5 cm³/mol. The maximum absolute atomic E-state index is 13.1. The fourth-order valence-corrected chi connectivity index (χ4v) is 2.14. The summed E-state index contributed by atoms with van der Waals surface area (Å²) in [5.41, 5.74) is 0.747. The second-order valence-electron chi connectivity index (χ2n) is 4.04. The molecule has 0 aromatic heterocycles. The van der Waals surface area contributed by atoms with Crippen LogP contribution in [0.3, 0.4) is 0 Å². The van der Waals surface area contributed by atoms with Gasteiger partial charge in [0.2, 0.25) is 0 Å². The van der Waals surface area contributed by atoms with Crippen LogP contribution in [-0.4, -0.2) is 19.3 Å². The van der Waals surface area contributed by atoms with Crippen molar-refractivity contribution in [3.63, 3.8) is 0 Å². The summed E-state index contributed by atoms with van der Waals surface area (Å²) in [5, 5.41) is 3.72. The van der Waals surface area contributed by atoms with Crippen molar-refractivity contribution in [2.75, 3.05) is 18.5 Å². The van der Waals surface area contributed by atoms with Gasteiger partial charge in [0.15, 0.2) is 0 Å². The first-order valence-corrected chi connectivity index (χ1v) is 5.92. The van der Waals surface area contributed by atoms with E-state index in [1.165, 1.54) is 12.1 Å². The van der Waals surface area contributed by atoms with Crippen molar-refractivity contribution < 1.29 is 9.13 Å². The highest BCUT2D eigenvalue weighted by Gasteiger charge is 2.12. The molecule has 0 saturated carbocycles. The molecule has 88 valence electrons. The van der Waals surface area contributed by atoms with E-state index < -0.39 is 0 Å². The van der Waals surface area contributed by atoms with E-state index in [1.54, 1.807) is 6.07 Å². The molecular weight excluding hydrogens is 229 g/mol. The first-order valence-electron chi connectivity index (χ1n) is 5.54. The summed E-state index contributed by atoms with van der Waals surface area (Å²) in [6.07, 6.45) is 3.04. The van der Waals surface area contributed by atoms with E-state index >= 15 is 0 Å². The Bertz CT molecular complexity index is 331. The quantitative estimate of drug-likeness (QED) is 0.859. The molecular formula is C12H15ClFNO. The molecule has 1 heterocycles. The lowest BCUT2D eigenvalue weighted by atomic mass is 10.1. The molecule has 1 saturated heterocycles. The molecule has 0 spiro atoms. The number of hydrogen-bond acceptors (Lipinski definition) is 2. The zero-order valence-electron chi connectivity index (χ0n) is 9.01. The van der Waals surface area contributed by atoms with E-state index in [9.17, 15) is 4.39 Å². The second kappa shape index (κ2) is 5.51. The Hall–Kier alpha value is -0.800. The molecule has 0 amide bonds. The molecule has 1 atom stereocenters. The molecule has 0 aliphatic carbocycles. The van der Waals surface area contributed by atoms with Crippen LogP contribution in [0.5, 0.6) is 0 Å². The van der Waals surface area contributed by atoms with Crippen LogP contribution in [0.25, 0.3) is 0 Å². The van der Waals surface area contributed by atoms with Crippen molar-refractivity contribution in [1.82, 2.24) is 0 Å². The number of benzene rings is 1. The topological polar surface area (TPSA) is 21.3 Å². The predicted octanol–water partition coefficient (Wildman–Crippen LogP) is 3.46. The Morgan fingerprint density at radius 1 is 1.25 bits per heavy atom. The van der Waals surface area contributed by atoms with Crippen molar-refractivity contribution >= 4 is 17.3 Å². The van der Waals surface area contributed by atoms with E-state index in [0.29, 0.717) is 11.1 Å². The SMILES string of the molecule is Fc1cc(Cl)cc(NC2CCCOCC2)c1. The fourth-order valence-electron chi connectivity index (χ4n) is 1.92. The maximum atomic E-state index is 13.1. The second-order valence-corrected chi connectivity index (χ2v) is 4.48. The van der Waals surface area contributed by atoms with Crippen molar-refractivity contribution in [3.05, 3.63) is 29.0 Å². The van der Waals surface area contributed by atoms with Crippen LogP contribution in [0.1, 0.15) is 19.3 Å². The first-order chi connectivity index (χ1) is 7.74. The molecule has 1 aromatic carbocycles. The van der Waals surface area contributed by atoms with Gasteiger partial charge in [-0.3, -0.25) is 0 Å². The largest absolute Gasteiger partial charge is 0.382 e. The molecule has 16 heavy (non-hydrogen) atoms. The minimum absolute atomic E-state index is 0.306. The zero-order valence-corrected chi connectivity index (χ0v) is 9.77. The Morgan fingerprint density at radius 3 is 2.94 bits per heavy atom. The monoisotopic (exact) mass is 243 g/mol. The average Bonchev–Trinajstić information content (AvgIpc) is 2.44. The zero-order chi connectivity index (χ0) is 11.4. The van der Waals surface area contributed by atoms with Crippen LogP contribution in [0.15, 0.2) is 18.2 Å². The first kappa shape index (κ1) is 11.7. The normalized spacial score (nSPS) is 21.5. The third-order valence-electron chi connectivity index (χ3n) is 2.69. The Morgan fingerprint density at radius 2 is 2.12 bits per heavy atom. The van der Waals surface area contributed by atoms with Gasteiger partial charge in [-0.05, 0) is 37.5 Å². The van der Waals surface area contributed by atoms with Gasteiger partial charge in [-0.15, -0.1) is 0 Å². The molecule has 2 rings (SSSR count). The molecule has 1 N–H and O–H groups in total. The van der Waals surface area contributed by atoms with E-state index in [4.69, 9.17) is 16.3 Å². The van der Waals surface area contributed by atoms with Gasteiger partial charge in [-0.1, -0.05) is 11.6 Å². The van der Waals surface area contributed by atoms with Crippen LogP contribution in [-0.2, 0) is 4.74 Å². The lowest BCUT2D eigenvalue weighted by molar-refractivity contribution is 0.144. The summed E-state index contributed by atoms with van der Waals surface area (Å²) < 4.78 is 18.5. The molecule has 1 aliphatic rings. The molecule has 4 heteroatoms. The Kier molecular flexibility index (Phi) is 4.02. The molecule has 1 fully saturated rings. The highest BCUT2D eigenvalue weighted by atomic mass is 35.5. The minimum atomic E-state index is -0.306. The van der Waals surface area contributed by atoms with Gasteiger partial charge in [0.1, 0.15) is 5.82 Å². The summed E-state index contributed by atoms with van der Waals surface area (Å²) in [7, 11) is 0. The number of halogens is 2. The number of anilines is 1. The summed E-state index contributed by atoms with van der Waals surface area (Å²) in [6.45, 7) is 1.59. The summed E-state index contributed by atoms with van der Waals surface area (Å²) in [6, 6.07) is 4.87. The Labute approximate surface area is 99.7 Å². The lowest BCUT2D eigenvalue weighted by Crippen LogP contribution is -2.19. The van der Waals surface area contributed by atoms with Crippen molar-refractivity contribution in [2.45, 2.75) is 25.3 Å². The van der Waals surface area contributed by atoms with Gasteiger partial charge >= 0.3 is 0 Å². The van der Waals surface area contributed by atoms with Gasteiger partial charge in [-0.25, -0.2) is 4.39 Å². The number of nitrogens with one attached hydrogen (secondary N) is 1. The maximum Gasteiger partial charge on any atom is 0.126 e. The summed E-state index contributed by atoms with van der Waals surface area (Å²) >= 11 is 5.80. The standard InChI is InChI=1S/C12H15ClFNO/c13-9-6-10(14)8-12(7-9)15-11-2-1-4-16-5-3-11/h6-8,11,15H,1-5H2. The van der Waals surface area contributed by atoms with Gasteiger partial charge < -0.3 is 10.1 Å². The third kappa shape index (κ3) is 3.35. The highest BCUT2D eigenvalue weighted by Crippen LogP contribution is 2.21. The fraction of sp³-hybridized carbons (Fsp3) is 0.500. The molecule has 0 bridgehead atoms. The highest BCUT2D eigenvalue weighted by molar-refractivity contribution is 6.30. The van der Waals surface area contributed by atoms with Crippen LogP contribution in [0, 0.1) is 5.82 Å². The molecule has 0 radical (unpaired) electrons. The number of hydrogen-bond donors (Lipinski definition) is 1. The van der Waals surface area contributed by atoms with Gasteiger partial charge in [0, 0.05) is 30.0 Å². The Balaban J connectivity index is 2.01. The third-order valence-corrected chi connectivity index (χ3v) is 2.90. The minimum Gasteiger partial charge on any atom is -0.382 e.